The molecule has 126 valence electrons. The maximum absolute atomic E-state index is 12.6. The van der Waals surface area contributed by atoms with E-state index in [0.29, 0.717) is 0 Å². The zero-order valence-electron chi connectivity index (χ0n) is 14.6. The minimum absolute atomic E-state index is 0.0759. The summed E-state index contributed by atoms with van der Waals surface area (Å²) in [6.07, 6.45) is 4.76. The van der Waals surface area contributed by atoms with Crippen LogP contribution in [-0.2, 0) is 6.42 Å². The van der Waals surface area contributed by atoms with Crippen molar-refractivity contribution < 1.29 is 4.79 Å². The van der Waals surface area contributed by atoms with E-state index >= 15 is 0 Å². The molecule has 1 heterocycles. The Morgan fingerprint density at radius 3 is 2.54 bits per heavy atom. The fourth-order valence-corrected chi connectivity index (χ4v) is 4.04. The first-order chi connectivity index (χ1) is 11.6. The normalized spacial score (nSPS) is 19.0. The molecule has 1 fully saturated rings. The van der Waals surface area contributed by atoms with Crippen molar-refractivity contribution in [1.29, 1.82) is 5.26 Å². The molecular formula is C20H25N3O. The van der Waals surface area contributed by atoms with Gasteiger partial charge in [0, 0.05) is 24.1 Å². The number of nitrogens with one attached hydrogen (secondary N) is 1. The highest BCUT2D eigenvalue weighted by Crippen LogP contribution is 2.46. The fraction of sp³-hybridized carbons (Fsp3) is 0.500. The summed E-state index contributed by atoms with van der Waals surface area (Å²) in [5.41, 5.74) is 3.49. The van der Waals surface area contributed by atoms with Crippen LogP contribution in [0, 0.1) is 16.7 Å². The number of hydrogen-bond acceptors (Lipinski definition) is 2. The van der Waals surface area contributed by atoms with Crippen LogP contribution >= 0.6 is 0 Å². The lowest BCUT2D eigenvalue weighted by molar-refractivity contribution is 0.213. The van der Waals surface area contributed by atoms with Crippen molar-refractivity contribution in [3.05, 3.63) is 41.0 Å². The van der Waals surface area contributed by atoms with E-state index < -0.39 is 0 Å². The van der Waals surface area contributed by atoms with Gasteiger partial charge in [-0.3, -0.25) is 0 Å². The number of carbonyl (C=O) groups excluding carboxylic acids is 1. The van der Waals surface area contributed by atoms with Crippen molar-refractivity contribution in [2.75, 3.05) is 13.1 Å². The van der Waals surface area contributed by atoms with Crippen molar-refractivity contribution in [2.45, 2.75) is 46.0 Å². The van der Waals surface area contributed by atoms with Crippen LogP contribution in [-0.4, -0.2) is 24.0 Å². The molecule has 1 aliphatic carbocycles. The summed E-state index contributed by atoms with van der Waals surface area (Å²) in [6.45, 7) is 5.87. The first-order valence-corrected chi connectivity index (χ1v) is 8.94. The molecule has 1 aromatic carbocycles. The van der Waals surface area contributed by atoms with Crippen molar-refractivity contribution in [1.82, 2.24) is 10.2 Å². The molecule has 2 amide bonds. The summed E-state index contributed by atoms with van der Waals surface area (Å²) in [5.74, 6) is 0. The molecule has 0 unspecified atom stereocenters. The number of amides is 2. The molecule has 3 rings (SSSR count). The first-order valence-electron chi connectivity index (χ1n) is 8.94. The van der Waals surface area contributed by atoms with Gasteiger partial charge in [0.1, 0.15) is 0 Å². The second-order valence-corrected chi connectivity index (χ2v) is 6.81. The van der Waals surface area contributed by atoms with Gasteiger partial charge in [-0.1, -0.05) is 38.1 Å². The minimum atomic E-state index is -0.184. The van der Waals surface area contributed by atoms with Crippen LogP contribution in [0.1, 0.15) is 50.7 Å². The molecule has 0 atom stereocenters. The molecular weight excluding hydrogens is 298 g/mol. The van der Waals surface area contributed by atoms with Gasteiger partial charge in [0.25, 0.3) is 0 Å². The van der Waals surface area contributed by atoms with Crippen molar-refractivity contribution in [3.8, 4) is 6.07 Å². The lowest BCUT2D eigenvalue weighted by Crippen LogP contribution is -2.40. The zero-order valence-corrected chi connectivity index (χ0v) is 14.6. The van der Waals surface area contributed by atoms with Crippen LogP contribution < -0.4 is 5.32 Å². The van der Waals surface area contributed by atoms with E-state index in [1.54, 1.807) is 0 Å². The van der Waals surface area contributed by atoms with Crippen molar-refractivity contribution in [2.24, 2.45) is 5.41 Å². The summed E-state index contributed by atoms with van der Waals surface area (Å²) >= 11 is 0. The van der Waals surface area contributed by atoms with Gasteiger partial charge in [-0.15, -0.1) is 0 Å². The number of benzene rings is 1. The van der Waals surface area contributed by atoms with E-state index in [9.17, 15) is 10.1 Å². The molecule has 1 aliphatic heterocycles. The van der Waals surface area contributed by atoms with Gasteiger partial charge in [0.15, 0.2) is 0 Å². The summed E-state index contributed by atoms with van der Waals surface area (Å²) in [6, 6.07) is 10.5. The van der Waals surface area contributed by atoms with E-state index in [-0.39, 0.29) is 11.4 Å². The molecule has 0 radical (unpaired) electrons. The number of likely N-dealkylation sites (tertiary alicyclic amines) is 1. The standard InChI is InChI=1S/C20H25N3O/c1-3-20(4-2)13-15-9-5-6-10-16(15)18(17(20)14-21)22-19(24)23-11-7-8-12-23/h5-6,9-10H,3-4,7-8,11-13H2,1-2H3,(H,22,24). The molecule has 0 saturated carbocycles. The average Bonchev–Trinajstić information content (AvgIpc) is 3.16. The SMILES string of the molecule is CCC1(CC)Cc2ccccc2C(NC(=O)N2CCCC2)=C1C#N. The number of fused-ring (bicyclic) bond motifs is 1. The number of rotatable bonds is 3. The highest BCUT2D eigenvalue weighted by Gasteiger charge is 2.39. The van der Waals surface area contributed by atoms with Gasteiger partial charge in [-0.25, -0.2) is 4.79 Å². The highest BCUT2D eigenvalue weighted by molar-refractivity contribution is 5.89. The van der Waals surface area contributed by atoms with E-state index in [1.165, 1.54) is 5.56 Å². The molecule has 24 heavy (non-hydrogen) atoms. The van der Waals surface area contributed by atoms with Gasteiger partial charge in [-0.2, -0.15) is 5.26 Å². The molecule has 1 aromatic rings. The van der Waals surface area contributed by atoms with Crippen molar-refractivity contribution >= 4 is 11.7 Å². The molecule has 1 saturated heterocycles. The molecule has 0 aromatic heterocycles. The average molecular weight is 323 g/mol. The fourth-order valence-electron chi connectivity index (χ4n) is 4.04. The Labute approximate surface area is 144 Å². The topological polar surface area (TPSA) is 56.1 Å². The van der Waals surface area contributed by atoms with Crippen LogP contribution in [0.25, 0.3) is 5.70 Å². The number of nitrogens with zero attached hydrogens (tertiary/aromatic N) is 2. The Balaban J connectivity index is 2.07. The van der Waals surface area contributed by atoms with E-state index in [0.717, 1.165) is 62.0 Å². The Kier molecular flexibility index (Phi) is 4.62. The molecule has 4 nitrogen and oxygen atoms in total. The van der Waals surface area contributed by atoms with Crippen LogP contribution in [0.5, 0.6) is 0 Å². The molecule has 2 aliphatic rings. The van der Waals surface area contributed by atoms with E-state index in [1.807, 2.05) is 23.1 Å². The van der Waals surface area contributed by atoms with Crippen molar-refractivity contribution in [3.63, 3.8) is 0 Å². The Morgan fingerprint density at radius 1 is 1.25 bits per heavy atom. The molecule has 4 heteroatoms. The molecule has 0 spiro atoms. The third-order valence-electron chi connectivity index (χ3n) is 5.69. The largest absolute Gasteiger partial charge is 0.325 e. The van der Waals surface area contributed by atoms with Crippen LogP contribution in [0.2, 0.25) is 0 Å². The number of hydrogen-bond donors (Lipinski definition) is 1. The van der Waals surface area contributed by atoms with Gasteiger partial charge in [0.2, 0.25) is 0 Å². The Morgan fingerprint density at radius 2 is 1.92 bits per heavy atom. The summed E-state index contributed by atoms with van der Waals surface area (Å²) < 4.78 is 0. The lowest BCUT2D eigenvalue weighted by Gasteiger charge is -2.38. The number of urea groups is 1. The number of allylic oxidation sites excluding steroid dienone is 1. The van der Waals surface area contributed by atoms with Gasteiger partial charge in [0.05, 0.1) is 17.3 Å². The predicted molar refractivity (Wildman–Crippen MR) is 95.0 cm³/mol. The maximum Gasteiger partial charge on any atom is 0.321 e. The first kappa shape index (κ1) is 16.6. The number of carbonyl (C=O) groups is 1. The van der Waals surface area contributed by atoms with E-state index in [4.69, 9.17) is 0 Å². The summed E-state index contributed by atoms with van der Waals surface area (Å²) in [5, 5.41) is 13.0. The summed E-state index contributed by atoms with van der Waals surface area (Å²) in [4.78, 5) is 14.5. The Bertz CT molecular complexity index is 704. The summed E-state index contributed by atoms with van der Waals surface area (Å²) in [7, 11) is 0. The van der Waals surface area contributed by atoms with Crippen LogP contribution in [0.15, 0.2) is 29.8 Å². The van der Waals surface area contributed by atoms with Gasteiger partial charge < -0.3 is 10.2 Å². The zero-order chi connectivity index (χ0) is 17.2. The van der Waals surface area contributed by atoms with Crippen LogP contribution in [0.4, 0.5) is 4.79 Å². The quantitative estimate of drug-likeness (QED) is 0.911. The second-order valence-electron chi connectivity index (χ2n) is 6.81. The van der Waals surface area contributed by atoms with E-state index in [2.05, 4.69) is 31.3 Å². The monoisotopic (exact) mass is 323 g/mol. The highest BCUT2D eigenvalue weighted by atomic mass is 16.2. The number of nitriles is 1. The predicted octanol–water partition coefficient (Wildman–Crippen LogP) is 4.09. The van der Waals surface area contributed by atoms with Gasteiger partial charge >= 0.3 is 6.03 Å². The second kappa shape index (κ2) is 6.68. The molecule has 0 bridgehead atoms. The Hall–Kier alpha value is -2.28. The smallest absolute Gasteiger partial charge is 0.321 e. The van der Waals surface area contributed by atoms with Gasteiger partial charge in [-0.05, 0) is 37.7 Å². The van der Waals surface area contributed by atoms with Crippen LogP contribution in [0.3, 0.4) is 0 Å². The molecule has 1 N–H and O–H groups in total. The maximum atomic E-state index is 12.6. The third kappa shape index (κ3) is 2.69. The third-order valence-corrected chi connectivity index (χ3v) is 5.69. The minimum Gasteiger partial charge on any atom is -0.325 e. The lowest BCUT2D eigenvalue weighted by atomic mass is 9.66.